The SMILES string of the molecule is COc1cccc2c1CCC(B(O)O)=C2.COc1cccc2c1CCC(Br)=C2. The topological polar surface area (TPSA) is 58.9 Å². The molecule has 0 radical (unpaired) electrons. The first-order valence-electron chi connectivity index (χ1n) is 9.28. The quantitative estimate of drug-likeness (QED) is 0.691. The first-order chi connectivity index (χ1) is 13.5. The highest BCUT2D eigenvalue weighted by Gasteiger charge is 2.21. The summed E-state index contributed by atoms with van der Waals surface area (Å²) < 4.78 is 11.8. The third kappa shape index (κ3) is 4.69. The summed E-state index contributed by atoms with van der Waals surface area (Å²) in [6, 6.07) is 12.0. The molecule has 28 heavy (non-hydrogen) atoms. The number of hydrogen-bond acceptors (Lipinski definition) is 4. The van der Waals surface area contributed by atoms with E-state index in [0.29, 0.717) is 11.9 Å². The van der Waals surface area contributed by atoms with E-state index in [1.165, 1.54) is 15.6 Å². The molecule has 0 aliphatic heterocycles. The predicted octanol–water partition coefficient (Wildman–Crippen LogP) is 4.41. The fourth-order valence-electron chi connectivity index (χ4n) is 3.58. The molecule has 0 amide bonds. The smallest absolute Gasteiger partial charge is 0.484 e. The van der Waals surface area contributed by atoms with Gasteiger partial charge in [-0.2, -0.15) is 0 Å². The second kappa shape index (κ2) is 9.46. The second-order valence-electron chi connectivity index (χ2n) is 6.74. The lowest BCUT2D eigenvalue weighted by Gasteiger charge is -2.18. The molecule has 4 nitrogen and oxygen atoms in total. The molecule has 6 heteroatoms. The average Bonchev–Trinajstić information content (AvgIpc) is 2.72. The van der Waals surface area contributed by atoms with Gasteiger partial charge in [-0.3, -0.25) is 0 Å². The molecule has 2 aliphatic rings. The van der Waals surface area contributed by atoms with Crippen LogP contribution in [-0.4, -0.2) is 31.4 Å². The first-order valence-corrected chi connectivity index (χ1v) is 10.1. The number of halogens is 1. The van der Waals surface area contributed by atoms with Crippen molar-refractivity contribution in [1.29, 1.82) is 0 Å². The van der Waals surface area contributed by atoms with Crippen molar-refractivity contribution < 1.29 is 19.5 Å². The minimum absolute atomic E-state index is 0.663. The van der Waals surface area contributed by atoms with Crippen molar-refractivity contribution in [1.82, 2.24) is 0 Å². The van der Waals surface area contributed by atoms with Crippen molar-refractivity contribution in [3.8, 4) is 11.5 Å². The highest BCUT2D eigenvalue weighted by molar-refractivity contribution is 9.11. The molecule has 2 aliphatic carbocycles. The zero-order valence-corrected chi connectivity index (χ0v) is 17.7. The first kappa shape index (κ1) is 20.7. The highest BCUT2D eigenvalue weighted by atomic mass is 79.9. The van der Waals surface area contributed by atoms with Crippen LogP contribution in [0, 0.1) is 0 Å². The van der Waals surface area contributed by atoms with Crippen molar-refractivity contribution in [2.45, 2.75) is 25.7 Å². The Bertz CT molecular complexity index is 905. The van der Waals surface area contributed by atoms with Gasteiger partial charge in [0.05, 0.1) is 14.2 Å². The molecule has 0 spiro atoms. The Morgan fingerprint density at radius 2 is 1.32 bits per heavy atom. The van der Waals surface area contributed by atoms with Crippen LogP contribution in [-0.2, 0) is 12.8 Å². The Balaban J connectivity index is 0.000000162. The summed E-state index contributed by atoms with van der Waals surface area (Å²) in [6.45, 7) is 0. The largest absolute Gasteiger partial charge is 0.496 e. The Kier molecular flexibility index (Phi) is 7.00. The van der Waals surface area contributed by atoms with Crippen LogP contribution in [0.2, 0.25) is 0 Å². The van der Waals surface area contributed by atoms with Crippen LogP contribution in [0.4, 0.5) is 0 Å². The van der Waals surface area contributed by atoms with E-state index in [1.54, 1.807) is 14.2 Å². The van der Waals surface area contributed by atoms with Crippen LogP contribution in [0.15, 0.2) is 46.4 Å². The summed E-state index contributed by atoms with van der Waals surface area (Å²) in [6.07, 6.45) is 7.60. The fraction of sp³-hybridized carbons (Fsp3) is 0.273. The van der Waals surface area contributed by atoms with Gasteiger partial charge in [-0.15, -0.1) is 0 Å². The molecular formula is C22H24BBrO4. The van der Waals surface area contributed by atoms with E-state index in [0.717, 1.165) is 41.9 Å². The number of hydrogen-bond donors (Lipinski definition) is 2. The van der Waals surface area contributed by atoms with E-state index in [1.807, 2.05) is 36.4 Å². The van der Waals surface area contributed by atoms with Gasteiger partial charge in [0.1, 0.15) is 11.5 Å². The van der Waals surface area contributed by atoms with Gasteiger partial charge in [0.15, 0.2) is 0 Å². The Hall–Kier alpha value is -2.02. The number of benzene rings is 2. The van der Waals surface area contributed by atoms with Crippen LogP contribution in [0.5, 0.6) is 11.5 Å². The Morgan fingerprint density at radius 1 is 0.786 bits per heavy atom. The molecule has 0 saturated heterocycles. The van der Waals surface area contributed by atoms with Gasteiger partial charge in [0.2, 0.25) is 0 Å². The molecule has 2 N–H and O–H groups in total. The molecule has 0 fully saturated rings. The Morgan fingerprint density at radius 3 is 1.86 bits per heavy atom. The normalized spacial score (nSPS) is 14.5. The number of fused-ring (bicyclic) bond motifs is 2. The van der Waals surface area contributed by atoms with E-state index >= 15 is 0 Å². The standard InChI is InChI=1S/C11H13BO3.C11H11BrO/c1-15-11-4-2-3-8-7-9(12(13)14)5-6-10(8)11;1-13-11-4-2-3-8-7-9(12)5-6-10(8)11/h2-4,7,13-14H,5-6H2,1H3;2-4,7H,5-6H2,1H3. The Labute approximate surface area is 174 Å². The third-order valence-corrected chi connectivity index (χ3v) is 5.67. The van der Waals surface area contributed by atoms with Crippen molar-refractivity contribution in [2.24, 2.45) is 0 Å². The van der Waals surface area contributed by atoms with Crippen molar-refractivity contribution in [3.63, 3.8) is 0 Å². The zero-order valence-electron chi connectivity index (χ0n) is 16.1. The van der Waals surface area contributed by atoms with Gasteiger partial charge >= 0.3 is 7.12 Å². The summed E-state index contributed by atoms with van der Waals surface area (Å²) in [4.78, 5) is 0. The zero-order chi connectivity index (χ0) is 20.1. The lowest BCUT2D eigenvalue weighted by molar-refractivity contribution is 0.407. The number of methoxy groups -OCH3 is 2. The van der Waals surface area contributed by atoms with Crippen LogP contribution < -0.4 is 9.47 Å². The van der Waals surface area contributed by atoms with Gasteiger partial charge in [0.25, 0.3) is 0 Å². The van der Waals surface area contributed by atoms with Gasteiger partial charge in [-0.25, -0.2) is 0 Å². The molecule has 4 rings (SSSR count). The molecule has 0 atom stereocenters. The lowest BCUT2D eigenvalue weighted by atomic mass is 9.72. The minimum atomic E-state index is -1.34. The number of ether oxygens (including phenoxy) is 2. The van der Waals surface area contributed by atoms with Gasteiger partial charge < -0.3 is 19.5 Å². The maximum absolute atomic E-state index is 9.09. The molecule has 2 aromatic rings. The monoisotopic (exact) mass is 442 g/mol. The van der Waals surface area contributed by atoms with Crippen molar-refractivity contribution in [2.75, 3.05) is 14.2 Å². The van der Waals surface area contributed by atoms with Crippen LogP contribution in [0.25, 0.3) is 12.2 Å². The molecular weight excluding hydrogens is 419 g/mol. The van der Waals surface area contributed by atoms with Gasteiger partial charge in [0, 0.05) is 11.1 Å². The fourth-order valence-corrected chi connectivity index (χ4v) is 4.03. The molecule has 0 unspecified atom stereocenters. The third-order valence-electron chi connectivity index (χ3n) is 5.04. The summed E-state index contributed by atoms with van der Waals surface area (Å²) in [7, 11) is 2.03. The maximum Gasteiger partial charge on any atom is 0.484 e. The maximum atomic E-state index is 9.09. The van der Waals surface area contributed by atoms with E-state index in [-0.39, 0.29) is 0 Å². The lowest BCUT2D eigenvalue weighted by Crippen LogP contribution is -2.18. The number of allylic oxidation sites excluding steroid dienone is 2. The van der Waals surface area contributed by atoms with Crippen molar-refractivity contribution >= 4 is 35.2 Å². The summed E-state index contributed by atoms with van der Waals surface area (Å²) in [5, 5.41) is 18.2. The van der Waals surface area contributed by atoms with E-state index in [2.05, 4.69) is 28.1 Å². The molecule has 0 bridgehead atoms. The van der Waals surface area contributed by atoms with Crippen LogP contribution in [0.1, 0.15) is 35.1 Å². The van der Waals surface area contributed by atoms with Gasteiger partial charge in [-0.05, 0) is 65.0 Å². The summed E-state index contributed by atoms with van der Waals surface area (Å²) >= 11 is 3.52. The predicted molar refractivity (Wildman–Crippen MR) is 118 cm³/mol. The molecule has 0 saturated carbocycles. The van der Waals surface area contributed by atoms with E-state index in [9.17, 15) is 0 Å². The molecule has 2 aromatic carbocycles. The van der Waals surface area contributed by atoms with Crippen molar-refractivity contribution in [3.05, 3.63) is 68.6 Å². The summed E-state index contributed by atoms with van der Waals surface area (Å²) in [5.74, 6) is 1.88. The minimum Gasteiger partial charge on any atom is -0.496 e. The highest BCUT2D eigenvalue weighted by Crippen LogP contribution is 2.33. The summed E-state index contributed by atoms with van der Waals surface area (Å²) in [5.41, 5.74) is 5.43. The van der Waals surface area contributed by atoms with Crippen LogP contribution >= 0.6 is 15.9 Å². The molecule has 0 heterocycles. The second-order valence-corrected chi connectivity index (χ2v) is 7.76. The van der Waals surface area contributed by atoms with Crippen LogP contribution in [0.3, 0.4) is 0 Å². The average molecular weight is 443 g/mol. The van der Waals surface area contributed by atoms with Gasteiger partial charge in [-0.1, -0.05) is 46.3 Å². The molecule has 0 aromatic heterocycles. The van der Waals surface area contributed by atoms with E-state index < -0.39 is 7.12 Å². The number of rotatable bonds is 3. The molecule has 146 valence electrons. The van der Waals surface area contributed by atoms with E-state index in [4.69, 9.17) is 19.5 Å².